The van der Waals surface area contributed by atoms with Crippen molar-refractivity contribution in [2.75, 3.05) is 26.0 Å². The van der Waals surface area contributed by atoms with E-state index in [1.165, 1.54) is 16.7 Å². The number of hydrogen-bond donors (Lipinski definition) is 1. The molecule has 0 atom stereocenters. The van der Waals surface area contributed by atoms with Crippen molar-refractivity contribution >= 4 is 5.69 Å². The van der Waals surface area contributed by atoms with Crippen molar-refractivity contribution in [1.29, 1.82) is 0 Å². The molecular formula is C28H30N4Pt. The van der Waals surface area contributed by atoms with Gasteiger partial charge in [0.1, 0.15) is 0 Å². The standard InChI is InChI=1S/2C14H15N2.Pt/c1-11-4-6-12(7-5-11)14-10-13(16(2)3)8-9-15-14;1-11-3-5-13(6-4-11)14-9-12(10-15-2)7-8-16-14;/h4-6,8-10H,1-3H3;3-5,7-9,15H,10H2,1-2H3;/q2*-1;+2. The number of aryl methyl sites for hydroxylation is 2. The van der Waals surface area contributed by atoms with E-state index in [4.69, 9.17) is 0 Å². The Hall–Kier alpha value is -2.81. The van der Waals surface area contributed by atoms with E-state index in [0.29, 0.717) is 0 Å². The van der Waals surface area contributed by atoms with Crippen LogP contribution in [0.5, 0.6) is 0 Å². The number of nitrogens with zero attached hydrogens (tertiary/aromatic N) is 3. The van der Waals surface area contributed by atoms with Gasteiger partial charge in [-0.05, 0) is 36.1 Å². The molecule has 0 amide bonds. The topological polar surface area (TPSA) is 41.1 Å². The van der Waals surface area contributed by atoms with Crippen molar-refractivity contribution in [3.63, 3.8) is 0 Å². The summed E-state index contributed by atoms with van der Waals surface area (Å²) in [5.74, 6) is 0. The average molecular weight is 618 g/mol. The van der Waals surface area contributed by atoms with Crippen LogP contribution in [0.15, 0.2) is 73.1 Å². The maximum Gasteiger partial charge on any atom is 2.00 e. The second-order valence-electron chi connectivity index (χ2n) is 7.93. The maximum absolute atomic E-state index is 4.36. The quantitative estimate of drug-likeness (QED) is 0.301. The monoisotopic (exact) mass is 617 g/mol. The number of nitrogens with one attached hydrogen (secondary N) is 1. The summed E-state index contributed by atoms with van der Waals surface area (Å²) in [6.07, 6.45) is 3.67. The first kappa shape index (κ1) is 26.4. The number of aromatic nitrogens is 2. The Morgan fingerprint density at radius 3 is 1.82 bits per heavy atom. The van der Waals surface area contributed by atoms with Crippen LogP contribution in [0, 0.1) is 26.0 Å². The van der Waals surface area contributed by atoms with Gasteiger partial charge in [0.05, 0.1) is 0 Å². The Labute approximate surface area is 212 Å². The van der Waals surface area contributed by atoms with Gasteiger partial charge in [-0.1, -0.05) is 26.0 Å². The molecule has 0 bridgehead atoms. The first-order chi connectivity index (χ1) is 15.5. The van der Waals surface area contributed by atoms with E-state index >= 15 is 0 Å². The van der Waals surface area contributed by atoms with Crippen LogP contribution in [-0.4, -0.2) is 31.1 Å². The van der Waals surface area contributed by atoms with Crippen molar-refractivity contribution in [2.45, 2.75) is 20.4 Å². The minimum Gasteiger partial charge on any atom is -0.378 e. The zero-order valence-corrected chi connectivity index (χ0v) is 22.1. The van der Waals surface area contributed by atoms with Crippen LogP contribution in [0.25, 0.3) is 22.5 Å². The van der Waals surface area contributed by atoms with Gasteiger partial charge in [0.15, 0.2) is 0 Å². The van der Waals surface area contributed by atoms with Gasteiger partial charge in [-0.3, -0.25) is 0 Å². The molecule has 0 saturated carbocycles. The fourth-order valence-electron chi connectivity index (χ4n) is 3.10. The molecule has 0 aliphatic heterocycles. The predicted molar refractivity (Wildman–Crippen MR) is 134 cm³/mol. The summed E-state index contributed by atoms with van der Waals surface area (Å²) in [6.45, 7) is 4.98. The van der Waals surface area contributed by atoms with E-state index in [9.17, 15) is 0 Å². The molecule has 2 aromatic carbocycles. The van der Waals surface area contributed by atoms with Gasteiger partial charge in [-0.25, -0.2) is 0 Å². The number of anilines is 1. The number of rotatable bonds is 5. The van der Waals surface area contributed by atoms with E-state index in [1.54, 1.807) is 0 Å². The van der Waals surface area contributed by atoms with Gasteiger partial charge in [0.2, 0.25) is 0 Å². The molecule has 33 heavy (non-hydrogen) atoms. The average Bonchev–Trinajstić information content (AvgIpc) is 2.81. The van der Waals surface area contributed by atoms with Crippen LogP contribution in [-0.2, 0) is 27.6 Å². The number of pyridine rings is 2. The van der Waals surface area contributed by atoms with Crippen molar-refractivity contribution < 1.29 is 21.1 Å². The van der Waals surface area contributed by atoms with Crippen molar-refractivity contribution in [2.24, 2.45) is 0 Å². The van der Waals surface area contributed by atoms with Gasteiger partial charge in [0.25, 0.3) is 0 Å². The van der Waals surface area contributed by atoms with Crippen LogP contribution in [0.1, 0.15) is 16.7 Å². The zero-order chi connectivity index (χ0) is 22.9. The van der Waals surface area contributed by atoms with Crippen molar-refractivity contribution in [3.05, 3.63) is 102 Å². The third-order valence-electron chi connectivity index (χ3n) is 4.95. The smallest absolute Gasteiger partial charge is 0.378 e. The third kappa shape index (κ3) is 7.92. The second-order valence-corrected chi connectivity index (χ2v) is 7.93. The third-order valence-corrected chi connectivity index (χ3v) is 4.95. The second kappa shape index (κ2) is 13.0. The minimum absolute atomic E-state index is 0. The first-order valence-electron chi connectivity index (χ1n) is 10.7. The van der Waals surface area contributed by atoms with Crippen LogP contribution in [0.4, 0.5) is 5.69 Å². The molecule has 1 N–H and O–H groups in total. The molecule has 4 rings (SSSR count). The van der Waals surface area contributed by atoms with E-state index < -0.39 is 0 Å². The molecule has 4 nitrogen and oxygen atoms in total. The van der Waals surface area contributed by atoms with Gasteiger partial charge < -0.3 is 20.2 Å². The Kier molecular flexibility index (Phi) is 10.4. The van der Waals surface area contributed by atoms with Crippen molar-refractivity contribution in [1.82, 2.24) is 15.3 Å². The summed E-state index contributed by atoms with van der Waals surface area (Å²) in [5.41, 5.74) is 8.85. The van der Waals surface area contributed by atoms with Gasteiger partial charge in [-0.15, -0.1) is 70.8 Å². The van der Waals surface area contributed by atoms with E-state index in [1.807, 2.05) is 57.8 Å². The molecule has 0 aliphatic carbocycles. The number of hydrogen-bond acceptors (Lipinski definition) is 4. The molecule has 5 heteroatoms. The van der Waals surface area contributed by atoms with Crippen LogP contribution >= 0.6 is 0 Å². The van der Waals surface area contributed by atoms with E-state index in [-0.39, 0.29) is 21.1 Å². The Balaban J connectivity index is 0.000000227. The normalized spacial score (nSPS) is 9.97. The Bertz CT molecular complexity index is 1120. The molecule has 4 aromatic rings. The molecule has 172 valence electrons. The Morgan fingerprint density at radius 2 is 1.33 bits per heavy atom. The predicted octanol–water partition coefficient (Wildman–Crippen LogP) is 5.50. The van der Waals surface area contributed by atoms with Gasteiger partial charge in [0, 0.05) is 38.7 Å². The SMILES string of the molecule is CNCc1ccnc(-c2[c-]cc(C)cc2)c1.Cc1c[c-]c(-c2cc(N(C)C)ccn2)cc1.[Pt+2]. The molecule has 0 spiro atoms. The molecule has 0 saturated heterocycles. The summed E-state index contributed by atoms with van der Waals surface area (Å²) < 4.78 is 0. The summed E-state index contributed by atoms with van der Waals surface area (Å²) in [7, 11) is 5.99. The molecule has 0 aliphatic rings. The summed E-state index contributed by atoms with van der Waals surface area (Å²) in [5, 5.41) is 3.13. The fraction of sp³-hybridized carbons (Fsp3) is 0.214. The minimum atomic E-state index is 0. The largest absolute Gasteiger partial charge is 2.00 e. The Morgan fingerprint density at radius 1 is 0.788 bits per heavy atom. The zero-order valence-electron chi connectivity index (χ0n) is 19.8. The van der Waals surface area contributed by atoms with Gasteiger partial charge >= 0.3 is 21.1 Å². The van der Waals surface area contributed by atoms with Gasteiger partial charge in [-0.2, -0.15) is 0 Å². The molecule has 0 radical (unpaired) electrons. The summed E-state index contributed by atoms with van der Waals surface area (Å²) in [6, 6.07) is 26.9. The van der Waals surface area contributed by atoms with Crippen LogP contribution in [0.3, 0.4) is 0 Å². The van der Waals surface area contributed by atoms with Crippen LogP contribution in [0.2, 0.25) is 0 Å². The fourth-order valence-corrected chi connectivity index (χ4v) is 3.10. The summed E-state index contributed by atoms with van der Waals surface area (Å²) in [4.78, 5) is 10.8. The van der Waals surface area contributed by atoms with E-state index in [2.05, 4.69) is 82.6 Å². The van der Waals surface area contributed by atoms with E-state index in [0.717, 1.165) is 34.7 Å². The summed E-state index contributed by atoms with van der Waals surface area (Å²) >= 11 is 0. The molecule has 2 aromatic heterocycles. The molecular weight excluding hydrogens is 587 g/mol. The number of benzene rings is 2. The molecule has 0 fully saturated rings. The van der Waals surface area contributed by atoms with Crippen LogP contribution < -0.4 is 10.2 Å². The maximum atomic E-state index is 4.36. The first-order valence-corrected chi connectivity index (χ1v) is 10.7. The molecule has 2 heterocycles. The van der Waals surface area contributed by atoms with Crippen molar-refractivity contribution in [3.8, 4) is 22.5 Å². The molecule has 0 unspecified atom stereocenters.